The van der Waals surface area contributed by atoms with Gasteiger partial charge in [0.15, 0.2) is 0 Å². The van der Waals surface area contributed by atoms with Gasteiger partial charge in [-0.2, -0.15) is 0 Å². The zero-order valence-electron chi connectivity index (χ0n) is 13.0. The molecule has 0 heterocycles. The molecule has 0 aliphatic rings. The monoisotopic (exact) mass is 282 g/mol. The lowest BCUT2D eigenvalue weighted by Crippen LogP contribution is -2.02. The molecular formula is C19H22O2. The number of ether oxygens (including phenoxy) is 1. The van der Waals surface area contributed by atoms with Crippen LogP contribution in [0.5, 0.6) is 0 Å². The third kappa shape index (κ3) is 4.19. The zero-order chi connectivity index (χ0) is 15.2. The second-order valence-corrected chi connectivity index (χ2v) is 5.44. The van der Waals surface area contributed by atoms with Crippen molar-refractivity contribution in [2.45, 2.75) is 33.1 Å². The highest BCUT2D eigenvalue weighted by Crippen LogP contribution is 2.18. The van der Waals surface area contributed by atoms with Crippen LogP contribution in [0.4, 0.5) is 0 Å². The summed E-state index contributed by atoms with van der Waals surface area (Å²) in [6.45, 7) is 4.32. The van der Waals surface area contributed by atoms with Crippen LogP contribution in [0.15, 0.2) is 42.5 Å². The van der Waals surface area contributed by atoms with Gasteiger partial charge in [-0.25, -0.2) is 0 Å². The van der Waals surface area contributed by atoms with E-state index in [1.165, 1.54) is 34.9 Å². The van der Waals surface area contributed by atoms with Crippen molar-refractivity contribution in [1.82, 2.24) is 0 Å². The summed E-state index contributed by atoms with van der Waals surface area (Å²) in [7, 11) is 1.43. The number of esters is 1. The Morgan fingerprint density at radius 1 is 0.952 bits per heavy atom. The summed E-state index contributed by atoms with van der Waals surface area (Å²) < 4.78 is 4.66. The van der Waals surface area contributed by atoms with Crippen molar-refractivity contribution in [2.75, 3.05) is 7.11 Å². The maximum atomic E-state index is 11.1. The molecule has 2 nitrogen and oxygen atoms in total. The van der Waals surface area contributed by atoms with Gasteiger partial charge in [-0.1, -0.05) is 42.5 Å². The van der Waals surface area contributed by atoms with E-state index in [2.05, 4.69) is 61.0 Å². The molecule has 0 saturated carbocycles. The van der Waals surface area contributed by atoms with Crippen molar-refractivity contribution in [3.8, 4) is 0 Å². The van der Waals surface area contributed by atoms with Crippen molar-refractivity contribution in [2.24, 2.45) is 0 Å². The van der Waals surface area contributed by atoms with Crippen molar-refractivity contribution in [1.29, 1.82) is 0 Å². The average molecular weight is 282 g/mol. The topological polar surface area (TPSA) is 26.3 Å². The summed E-state index contributed by atoms with van der Waals surface area (Å²) in [5.74, 6) is -0.158. The van der Waals surface area contributed by atoms with Crippen molar-refractivity contribution >= 4 is 5.97 Å². The molecule has 0 aliphatic carbocycles. The van der Waals surface area contributed by atoms with Gasteiger partial charge in [0.1, 0.15) is 0 Å². The summed E-state index contributed by atoms with van der Waals surface area (Å²) in [4.78, 5) is 11.1. The smallest absolute Gasteiger partial charge is 0.305 e. The lowest BCUT2D eigenvalue weighted by atomic mass is 9.95. The van der Waals surface area contributed by atoms with Crippen LogP contribution in [0.2, 0.25) is 0 Å². The maximum absolute atomic E-state index is 11.1. The molecule has 0 bridgehead atoms. The van der Waals surface area contributed by atoms with E-state index in [0.29, 0.717) is 6.42 Å². The molecule has 0 unspecified atom stereocenters. The van der Waals surface area contributed by atoms with Gasteiger partial charge in [0.05, 0.1) is 7.11 Å². The molecule has 110 valence electrons. The van der Waals surface area contributed by atoms with Gasteiger partial charge in [-0.15, -0.1) is 0 Å². The van der Waals surface area contributed by atoms with Crippen LogP contribution in [0.25, 0.3) is 0 Å². The van der Waals surface area contributed by atoms with Crippen LogP contribution >= 0.6 is 0 Å². The minimum Gasteiger partial charge on any atom is -0.469 e. The molecule has 0 aromatic heterocycles. The molecule has 2 aromatic rings. The molecule has 21 heavy (non-hydrogen) atoms. The fourth-order valence-corrected chi connectivity index (χ4v) is 2.50. The summed E-state index contributed by atoms with van der Waals surface area (Å²) in [6.07, 6.45) is 2.12. The van der Waals surface area contributed by atoms with E-state index in [1.807, 2.05) is 0 Å². The second-order valence-electron chi connectivity index (χ2n) is 5.44. The van der Waals surface area contributed by atoms with Gasteiger partial charge in [-0.05, 0) is 54.5 Å². The molecule has 0 radical (unpaired) electrons. The Bertz CT molecular complexity index is 592. The van der Waals surface area contributed by atoms with E-state index in [9.17, 15) is 4.79 Å². The van der Waals surface area contributed by atoms with Gasteiger partial charge >= 0.3 is 5.97 Å². The number of carbonyl (C=O) groups excluding carboxylic acids is 1. The number of hydrogen-bond acceptors (Lipinski definition) is 2. The zero-order valence-corrected chi connectivity index (χ0v) is 13.0. The van der Waals surface area contributed by atoms with Crippen molar-refractivity contribution < 1.29 is 9.53 Å². The number of hydrogen-bond donors (Lipinski definition) is 0. The lowest BCUT2D eigenvalue weighted by Gasteiger charge is -2.10. The normalized spacial score (nSPS) is 10.4. The highest BCUT2D eigenvalue weighted by Gasteiger charge is 2.05. The molecule has 2 rings (SSSR count). The number of rotatable bonds is 5. The molecule has 2 heteroatoms. The van der Waals surface area contributed by atoms with Crippen molar-refractivity contribution in [3.63, 3.8) is 0 Å². The number of aryl methyl sites for hydroxylation is 3. The van der Waals surface area contributed by atoms with E-state index < -0.39 is 0 Å². The van der Waals surface area contributed by atoms with Gasteiger partial charge in [0.25, 0.3) is 0 Å². The molecular weight excluding hydrogens is 260 g/mol. The molecule has 0 atom stereocenters. The first-order valence-electron chi connectivity index (χ1n) is 7.30. The average Bonchev–Trinajstić information content (AvgIpc) is 2.50. The number of carbonyl (C=O) groups is 1. The van der Waals surface area contributed by atoms with Crippen LogP contribution in [0.1, 0.15) is 34.2 Å². The van der Waals surface area contributed by atoms with E-state index in [0.717, 1.165) is 12.8 Å². The highest BCUT2D eigenvalue weighted by atomic mass is 16.5. The van der Waals surface area contributed by atoms with Crippen LogP contribution < -0.4 is 0 Å². The fourth-order valence-electron chi connectivity index (χ4n) is 2.50. The van der Waals surface area contributed by atoms with Crippen molar-refractivity contribution in [3.05, 3.63) is 70.3 Å². The third-order valence-corrected chi connectivity index (χ3v) is 3.89. The van der Waals surface area contributed by atoms with Gasteiger partial charge in [0, 0.05) is 6.42 Å². The largest absolute Gasteiger partial charge is 0.469 e. The summed E-state index contributed by atoms with van der Waals surface area (Å²) >= 11 is 0. The Kier molecular flexibility index (Phi) is 5.15. The van der Waals surface area contributed by atoms with E-state index >= 15 is 0 Å². The van der Waals surface area contributed by atoms with E-state index in [-0.39, 0.29) is 5.97 Å². The first-order valence-corrected chi connectivity index (χ1v) is 7.30. The molecule has 0 N–H and O–H groups in total. The molecule has 0 spiro atoms. The first-order chi connectivity index (χ1) is 10.1. The summed E-state index contributed by atoms with van der Waals surface area (Å²) in [5.41, 5.74) is 6.55. The SMILES string of the molecule is COC(=O)CCc1ccc(Cc2c(C)cccc2C)cc1. The number of methoxy groups -OCH3 is 1. The van der Waals surface area contributed by atoms with E-state index in [4.69, 9.17) is 0 Å². The Morgan fingerprint density at radius 3 is 2.10 bits per heavy atom. The van der Waals surface area contributed by atoms with Gasteiger partial charge < -0.3 is 4.74 Å². The Balaban J connectivity index is 2.04. The molecule has 0 saturated heterocycles. The third-order valence-electron chi connectivity index (χ3n) is 3.89. The van der Waals surface area contributed by atoms with Gasteiger partial charge in [0.2, 0.25) is 0 Å². The maximum Gasteiger partial charge on any atom is 0.305 e. The standard InChI is InChI=1S/C19H22O2/c1-14-5-4-6-15(2)18(14)13-17-9-7-16(8-10-17)11-12-19(20)21-3/h4-10H,11-13H2,1-3H3. The van der Waals surface area contributed by atoms with Crippen LogP contribution in [-0.2, 0) is 22.4 Å². The van der Waals surface area contributed by atoms with Crippen LogP contribution in [0.3, 0.4) is 0 Å². The van der Waals surface area contributed by atoms with E-state index in [1.54, 1.807) is 0 Å². The highest BCUT2D eigenvalue weighted by molar-refractivity contribution is 5.69. The Hall–Kier alpha value is -2.09. The van der Waals surface area contributed by atoms with Crippen LogP contribution in [-0.4, -0.2) is 13.1 Å². The predicted octanol–water partition coefficient (Wildman–Crippen LogP) is 4.00. The van der Waals surface area contributed by atoms with Crippen LogP contribution in [0, 0.1) is 13.8 Å². The Labute approximate surface area is 126 Å². The molecule has 0 aliphatic heterocycles. The fraction of sp³-hybridized carbons (Fsp3) is 0.316. The molecule has 0 amide bonds. The predicted molar refractivity (Wildman–Crippen MR) is 85.5 cm³/mol. The minimum absolute atomic E-state index is 0.158. The summed E-state index contributed by atoms with van der Waals surface area (Å²) in [5, 5.41) is 0. The lowest BCUT2D eigenvalue weighted by molar-refractivity contribution is -0.140. The quantitative estimate of drug-likeness (QED) is 0.775. The van der Waals surface area contributed by atoms with Gasteiger partial charge in [-0.3, -0.25) is 4.79 Å². The molecule has 0 fully saturated rings. The number of benzene rings is 2. The minimum atomic E-state index is -0.158. The molecule has 2 aromatic carbocycles. The summed E-state index contributed by atoms with van der Waals surface area (Å²) in [6, 6.07) is 14.9. The Morgan fingerprint density at radius 2 is 1.52 bits per heavy atom. The first kappa shape index (κ1) is 15.3. The second kappa shape index (κ2) is 7.07.